The fourth-order valence-electron chi connectivity index (χ4n) is 1.68. The van der Waals surface area contributed by atoms with Gasteiger partial charge in [0.25, 0.3) is 0 Å². The van der Waals surface area contributed by atoms with Crippen molar-refractivity contribution in [1.82, 2.24) is 24.7 Å². The first-order chi connectivity index (χ1) is 9.22. The number of nitrogen functional groups attached to an aromatic ring is 1. The molecule has 0 atom stereocenters. The molecule has 0 saturated carbocycles. The van der Waals surface area contributed by atoms with Gasteiger partial charge in [-0.15, -0.1) is 10.2 Å². The van der Waals surface area contributed by atoms with E-state index in [0.29, 0.717) is 18.2 Å². The van der Waals surface area contributed by atoms with Crippen LogP contribution in [0.4, 0.5) is 17.6 Å². The maximum absolute atomic E-state index is 5.66. The first kappa shape index (κ1) is 13.1. The lowest BCUT2D eigenvalue weighted by Crippen LogP contribution is -2.10. The lowest BCUT2D eigenvalue weighted by molar-refractivity contribution is 0.707. The van der Waals surface area contributed by atoms with Gasteiger partial charge in [0.05, 0.1) is 6.54 Å². The summed E-state index contributed by atoms with van der Waals surface area (Å²) in [7, 11) is 0. The molecule has 8 heteroatoms. The molecule has 0 spiro atoms. The molecule has 0 unspecified atom stereocenters. The summed E-state index contributed by atoms with van der Waals surface area (Å²) in [5.41, 5.74) is 5.66. The Kier molecular flexibility index (Phi) is 4.11. The molecule has 0 aliphatic heterocycles. The fraction of sp³-hybridized carbons (Fsp3) is 0.455. The van der Waals surface area contributed by atoms with Crippen LogP contribution in [-0.2, 0) is 13.1 Å². The fourth-order valence-corrected chi connectivity index (χ4v) is 1.68. The monoisotopic (exact) mass is 262 g/mol. The van der Waals surface area contributed by atoms with Crippen LogP contribution in [-0.4, -0.2) is 31.3 Å². The van der Waals surface area contributed by atoms with Gasteiger partial charge in [-0.05, 0) is 13.8 Å². The van der Waals surface area contributed by atoms with E-state index in [0.717, 1.165) is 18.9 Å². The number of hydrogen-bond acceptors (Lipinski definition) is 7. The van der Waals surface area contributed by atoms with Crippen molar-refractivity contribution in [3.05, 3.63) is 18.2 Å². The number of nitrogens with two attached hydrogens (primary N) is 1. The van der Waals surface area contributed by atoms with Gasteiger partial charge in [0.1, 0.15) is 18.0 Å². The van der Waals surface area contributed by atoms with Crippen molar-refractivity contribution >= 4 is 17.6 Å². The SMILES string of the molecule is CCNc1cc(NCc2nncn2CC)nc(N)n1. The van der Waals surface area contributed by atoms with Crippen molar-refractivity contribution in [2.75, 3.05) is 22.9 Å². The Hall–Kier alpha value is -2.38. The Bertz CT molecular complexity index is 535. The average Bonchev–Trinajstić information content (AvgIpc) is 2.83. The summed E-state index contributed by atoms with van der Waals surface area (Å²) in [5.74, 6) is 2.45. The van der Waals surface area contributed by atoms with Crippen molar-refractivity contribution in [3.63, 3.8) is 0 Å². The van der Waals surface area contributed by atoms with Crippen LogP contribution < -0.4 is 16.4 Å². The number of aryl methyl sites for hydroxylation is 1. The van der Waals surface area contributed by atoms with Gasteiger partial charge in [-0.1, -0.05) is 0 Å². The highest BCUT2D eigenvalue weighted by atomic mass is 15.3. The molecular weight excluding hydrogens is 244 g/mol. The quantitative estimate of drug-likeness (QED) is 0.704. The van der Waals surface area contributed by atoms with E-state index in [2.05, 4.69) is 30.8 Å². The topological polar surface area (TPSA) is 107 Å². The third kappa shape index (κ3) is 3.30. The van der Waals surface area contributed by atoms with Crippen molar-refractivity contribution in [1.29, 1.82) is 0 Å². The van der Waals surface area contributed by atoms with Gasteiger partial charge >= 0.3 is 0 Å². The Morgan fingerprint density at radius 1 is 1.21 bits per heavy atom. The van der Waals surface area contributed by atoms with Crippen LogP contribution in [0.25, 0.3) is 0 Å². The summed E-state index contributed by atoms with van der Waals surface area (Å²) >= 11 is 0. The largest absolute Gasteiger partial charge is 0.370 e. The van der Waals surface area contributed by atoms with Crippen molar-refractivity contribution in [2.24, 2.45) is 0 Å². The first-order valence-electron chi connectivity index (χ1n) is 6.22. The number of nitrogens with one attached hydrogen (secondary N) is 2. The van der Waals surface area contributed by atoms with E-state index in [1.807, 2.05) is 24.5 Å². The van der Waals surface area contributed by atoms with Crippen LogP contribution in [0.3, 0.4) is 0 Å². The summed E-state index contributed by atoms with van der Waals surface area (Å²) in [6, 6.07) is 1.81. The molecule has 2 aromatic rings. The van der Waals surface area contributed by atoms with Crippen LogP contribution >= 0.6 is 0 Å². The molecule has 0 aliphatic rings. The second-order valence-electron chi connectivity index (χ2n) is 3.91. The average molecular weight is 262 g/mol. The third-order valence-electron chi connectivity index (χ3n) is 2.57. The van der Waals surface area contributed by atoms with Crippen LogP contribution in [0.2, 0.25) is 0 Å². The highest BCUT2D eigenvalue weighted by Crippen LogP contribution is 2.13. The summed E-state index contributed by atoms with van der Waals surface area (Å²) in [6.45, 7) is 6.18. The number of hydrogen-bond donors (Lipinski definition) is 3. The lowest BCUT2D eigenvalue weighted by atomic mass is 10.4. The Balaban J connectivity index is 2.06. The molecular formula is C11H18N8. The van der Waals surface area contributed by atoms with Crippen LogP contribution in [0.1, 0.15) is 19.7 Å². The van der Waals surface area contributed by atoms with Crippen LogP contribution in [0.15, 0.2) is 12.4 Å². The molecule has 0 amide bonds. The summed E-state index contributed by atoms with van der Waals surface area (Å²) < 4.78 is 1.96. The molecule has 2 heterocycles. The first-order valence-corrected chi connectivity index (χ1v) is 6.22. The van der Waals surface area contributed by atoms with E-state index in [-0.39, 0.29) is 5.95 Å². The van der Waals surface area contributed by atoms with Gasteiger partial charge in [0, 0.05) is 19.2 Å². The lowest BCUT2D eigenvalue weighted by Gasteiger charge is -2.09. The van der Waals surface area contributed by atoms with Gasteiger partial charge in [0.15, 0.2) is 5.82 Å². The van der Waals surface area contributed by atoms with Crippen LogP contribution in [0.5, 0.6) is 0 Å². The number of anilines is 3. The molecule has 0 bridgehead atoms. The van der Waals surface area contributed by atoms with Gasteiger partial charge < -0.3 is 20.9 Å². The second kappa shape index (κ2) is 5.98. The number of nitrogens with zero attached hydrogens (tertiary/aromatic N) is 5. The molecule has 0 saturated heterocycles. The molecule has 2 aromatic heterocycles. The van der Waals surface area contributed by atoms with E-state index in [1.165, 1.54) is 0 Å². The van der Waals surface area contributed by atoms with E-state index in [4.69, 9.17) is 5.73 Å². The highest BCUT2D eigenvalue weighted by Gasteiger charge is 2.05. The van der Waals surface area contributed by atoms with Crippen molar-refractivity contribution in [2.45, 2.75) is 26.9 Å². The summed E-state index contributed by atoms with van der Waals surface area (Å²) in [4.78, 5) is 8.21. The molecule has 4 N–H and O–H groups in total. The van der Waals surface area contributed by atoms with E-state index in [1.54, 1.807) is 6.33 Å². The predicted molar refractivity (Wildman–Crippen MR) is 73.6 cm³/mol. The zero-order valence-corrected chi connectivity index (χ0v) is 11.1. The maximum atomic E-state index is 5.66. The van der Waals surface area contributed by atoms with E-state index < -0.39 is 0 Å². The molecule has 0 radical (unpaired) electrons. The Labute approximate surface area is 111 Å². The van der Waals surface area contributed by atoms with Crippen LogP contribution in [0, 0.1) is 0 Å². The minimum atomic E-state index is 0.234. The maximum Gasteiger partial charge on any atom is 0.223 e. The molecule has 8 nitrogen and oxygen atoms in total. The normalized spacial score (nSPS) is 10.4. The van der Waals surface area contributed by atoms with E-state index in [9.17, 15) is 0 Å². The molecule has 102 valence electrons. The zero-order valence-electron chi connectivity index (χ0n) is 11.1. The predicted octanol–water partition coefficient (Wildman–Crippen LogP) is 0.714. The van der Waals surface area contributed by atoms with Crippen molar-refractivity contribution < 1.29 is 0 Å². The molecule has 2 rings (SSSR count). The second-order valence-corrected chi connectivity index (χ2v) is 3.91. The highest BCUT2D eigenvalue weighted by molar-refractivity contribution is 5.50. The minimum Gasteiger partial charge on any atom is -0.370 e. The minimum absolute atomic E-state index is 0.234. The smallest absolute Gasteiger partial charge is 0.223 e. The summed E-state index contributed by atoms with van der Waals surface area (Å²) in [5, 5.41) is 14.2. The van der Waals surface area contributed by atoms with Gasteiger partial charge in [-0.3, -0.25) is 0 Å². The summed E-state index contributed by atoms with van der Waals surface area (Å²) in [6.07, 6.45) is 1.70. The van der Waals surface area contributed by atoms with Gasteiger partial charge in [-0.2, -0.15) is 9.97 Å². The third-order valence-corrected chi connectivity index (χ3v) is 2.57. The van der Waals surface area contributed by atoms with E-state index >= 15 is 0 Å². The number of rotatable bonds is 6. The Morgan fingerprint density at radius 2 is 1.95 bits per heavy atom. The zero-order chi connectivity index (χ0) is 13.7. The standard InChI is InChI=1S/C11H18N8/c1-3-13-8-5-9(17-11(12)16-8)14-6-10-18-15-7-19(10)4-2/h5,7H,3-4,6H2,1-2H3,(H4,12,13,14,16,17). The Morgan fingerprint density at radius 3 is 2.63 bits per heavy atom. The molecule has 0 aromatic carbocycles. The number of aromatic nitrogens is 5. The van der Waals surface area contributed by atoms with Gasteiger partial charge in [-0.25, -0.2) is 0 Å². The molecule has 0 aliphatic carbocycles. The van der Waals surface area contributed by atoms with Gasteiger partial charge in [0.2, 0.25) is 5.95 Å². The molecule has 19 heavy (non-hydrogen) atoms. The van der Waals surface area contributed by atoms with Crippen molar-refractivity contribution in [3.8, 4) is 0 Å². The molecule has 0 fully saturated rings.